The maximum Gasteiger partial charge on any atom is 0.321 e. The summed E-state index contributed by atoms with van der Waals surface area (Å²) in [5, 5.41) is 5.99. The number of hydrogen-bond acceptors (Lipinski definition) is 5. The lowest BCUT2D eigenvalue weighted by Gasteiger charge is -2.17. The number of thiazole rings is 1. The predicted molar refractivity (Wildman–Crippen MR) is 110 cm³/mol. The molecule has 0 saturated carbocycles. The number of rotatable bonds is 5. The first-order chi connectivity index (χ1) is 14.0. The van der Waals surface area contributed by atoms with Gasteiger partial charge in [0.1, 0.15) is 11.6 Å². The maximum absolute atomic E-state index is 13.1. The third-order valence-corrected chi connectivity index (χ3v) is 5.42. The molecule has 3 aromatic rings. The lowest BCUT2D eigenvalue weighted by molar-refractivity contribution is -0.117. The van der Waals surface area contributed by atoms with Gasteiger partial charge in [-0.05, 0) is 49.4 Å². The maximum atomic E-state index is 13.1. The Labute approximate surface area is 170 Å². The van der Waals surface area contributed by atoms with Crippen molar-refractivity contribution in [3.8, 4) is 5.75 Å². The summed E-state index contributed by atoms with van der Waals surface area (Å²) in [5.41, 5.74) is 1.38. The average Bonchev–Trinajstić information content (AvgIpc) is 3.24. The molecule has 2 aromatic carbocycles. The second-order valence-corrected chi connectivity index (χ2v) is 7.59. The SMILES string of the molecule is CCOc1ccc2nc(NC(=O)N[C@@H]3CC(=O)N(c4ccc(F)cc4)C3)sc2c1. The number of hydrogen-bond donors (Lipinski definition) is 2. The molecule has 0 bridgehead atoms. The first-order valence-electron chi connectivity index (χ1n) is 9.18. The standard InChI is InChI=1S/C20H19FN4O3S/c1-2-28-15-7-8-16-17(10-15)29-20(23-16)24-19(27)22-13-9-18(26)25(11-13)14-5-3-12(21)4-6-14/h3-8,10,13H,2,9,11H2,1H3,(H2,22,23,24,27)/t13-/m1/s1. The summed E-state index contributed by atoms with van der Waals surface area (Å²) in [6, 6.07) is 10.5. The van der Waals surface area contributed by atoms with Crippen LogP contribution in [0.15, 0.2) is 42.5 Å². The number of urea groups is 1. The lowest BCUT2D eigenvalue weighted by Crippen LogP contribution is -2.39. The molecule has 1 fully saturated rings. The van der Waals surface area contributed by atoms with E-state index in [1.807, 2.05) is 25.1 Å². The third kappa shape index (κ3) is 4.29. The predicted octanol–water partition coefficient (Wildman–Crippen LogP) is 3.76. The second kappa shape index (κ2) is 8.04. The van der Waals surface area contributed by atoms with Gasteiger partial charge in [0.2, 0.25) is 5.91 Å². The molecule has 4 rings (SSSR count). The van der Waals surface area contributed by atoms with Crippen molar-refractivity contribution in [3.63, 3.8) is 0 Å². The van der Waals surface area contributed by atoms with Crippen molar-refractivity contribution < 1.29 is 18.7 Å². The largest absolute Gasteiger partial charge is 0.494 e. The monoisotopic (exact) mass is 414 g/mol. The number of ether oxygens (including phenoxy) is 1. The number of carbonyl (C=O) groups excluding carboxylic acids is 2. The van der Waals surface area contributed by atoms with Gasteiger partial charge >= 0.3 is 6.03 Å². The highest BCUT2D eigenvalue weighted by atomic mass is 32.1. The minimum atomic E-state index is -0.423. The smallest absolute Gasteiger partial charge is 0.321 e. The van der Waals surface area contributed by atoms with Crippen LogP contribution in [0, 0.1) is 5.82 Å². The fourth-order valence-electron chi connectivity index (χ4n) is 3.21. The lowest BCUT2D eigenvalue weighted by atomic mass is 10.2. The van der Waals surface area contributed by atoms with Crippen molar-refractivity contribution >= 4 is 44.3 Å². The van der Waals surface area contributed by atoms with E-state index >= 15 is 0 Å². The van der Waals surface area contributed by atoms with E-state index in [1.54, 1.807) is 12.1 Å². The Morgan fingerprint density at radius 1 is 1.31 bits per heavy atom. The summed E-state index contributed by atoms with van der Waals surface area (Å²) in [5.74, 6) is 0.272. The summed E-state index contributed by atoms with van der Waals surface area (Å²) < 4.78 is 19.5. The second-order valence-electron chi connectivity index (χ2n) is 6.56. The molecule has 29 heavy (non-hydrogen) atoms. The average molecular weight is 414 g/mol. The number of carbonyl (C=O) groups is 2. The quantitative estimate of drug-likeness (QED) is 0.666. The first kappa shape index (κ1) is 19.1. The van der Waals surface area contributed by atoms with Crippen LogP contribution in [0.2, 0.25) is 0 Å². The van der Waals surface area contributed by atoms with Crippen LogP contribution in [0.5, 0.6) is 5.75 Å². The Morgan fingerprint density at radius 3 is 2.86 bits per heavy atom. The minimum Gasteiger partial charge on any atom is -0.494 e. The fraction of sp³-hybridized carbons (Fsp3) is 0.250. The molecule has 2 N–H and O–H groups in total. The number of anilines is 2. The van der Waals surface area contributed by atoms with E-state index < -0.39 is 6.03 Å². The van der Waals surface area contributed by atoms with E-state index in [9.17, 15) is 14.0 Å². The molecule has 1 aliphatic heterocycles. The molecule has 1 aromatic heterocycles. The molecular formula is C20H19FN4O3S. The molecule has 9 heteroatoms. The number of benzene rings is 2. The molecule has 2 heterocycles. The van der Waals surface area contributed by atoms with Crippen molar-refractivity contribution in [1.29, 1.82) is 0 Å². The molecule has 0 unspecified atom stereocenters. The first-order valence-corrected chi connectivity index (χ1v) is 10.0. The van der Waals surface area contributed by atoms with E-state index in [2.05, 4.69) is 15.6 Å². The summed E-state index contributed by atoms with van der Waals surface area (Å²) in [7, 11) is 0. The molecule has 1 aliphatic rings. The van der Waals surface area contributed by atoms with Crippen LogP contribution in [0.4, 0.5) is 20.0 Å². The number of halogens is 1. The Hall–Kier alpha value is -3.20. The Morgan fingerprint density at radius 2 is 2.10 bits per heavy atom. The van der Waals surface area contributed by atoms with Crippen LogP contribution in [0.3, 0.4) is 0 Å². The van der Waals surface area contributed by atoms with Gasteiger partial charge in [0, 0.05) is 18.7 Å². The summed E-state index contributed by atoms with van der Waals surface area (Å²) in [4.78, 5) is 30.5. The highest BCUT2D eigenvalue weighted by Crippen LogP contribution is 2.29. The highest BCUT2D eigenvalue weighted by Gasteiger charge is 2.31. The highest BCUT2D eigenvalue weighted by molar-refractivity contribution is 7.22. The zero-order valence-corrected chi connectivity index (χ0v) is 16.5. The van der Waals surface area contributed by atoms with E-state index in [0.717, 1.165) is 16.0 Å². The molecule has 0 aliphatic carbocycles. The van der Waals surface area contributed by atoms with Crippen molar-refractivity contribution in [2.45, 2.75) is 19.4 Å². The zero-order chi connectivity index (χ0) is 20.4. The number of nitrogens with zero attached hydrogens (tertiary/aromatic N) is 2. The number of fused-ring (bicyclic) bond motifs is 1. The van der Waals surface area contributed by atoms with E-state index in [1.165, 1.54) is 28.4 Å². The van der Waals surface area contributed by atoms with Crippen LogP contribution in [-0.4, -0.2) is 36.1 Å². The molecule has 7 nitrogen and oxygen atoms in total. The van der Waals surface area contributed by atoms with Gasteiger partial charge in [-0.15, -0.1) is 0 Å². The Kier molecular flexibility index (Phi) is 5.30. The minimum absolute atomic E-state index is 0.120. The zero-order valence-electron chi connectivity index (χ0n) is 15.6. The molecule has 3 amide bonds. The molecule has 0 spiro atoms. The number of amides is 3. The number of aromatic nitrogens is 1. The van der Waals surface area contributed by atoms with Crippen LogP contribution < -0.4 is 20.3 Å². The summed E-state index contributed by atoms with van der Waals surface area (Å²) in [6.45, 7) is 2.82. The normalized spacial score (nSPS) is 16.3. The van der Waals surface area contributed by atoms with Gasteiger partial charge in [-0.3, -0.25) is 10.1 Å². The number of nitrogens with one attached hydrogen (secondary N) is 2. The van der Waals surface area contributed by atoms with Crippen molar-refractivity contribution in [1.82, 2.24) is 10.3 Å². The van der Waals surface area contributed by atoms with E-state index in [4.69, 9.17) is 4.74 Å². The Bertz CT molecular complexity index is 1050. The molecule has 0 radical (unpaired) electrons. The Balaban J connectivity index is 1.38. The molecular weight excluding hydrogens is 395 g/mol. The van der Waals surface area contributed by atoms with Crippen LogP contribution in [-0.2, 0) is 4.79 Å². The van der Waals surface area contributed by atoms with Gasteiger partial charge in [-0.2, -0.15) is 0 Å². The summed E-state index contributed by atoms with van der Waals surface area (Å²) >= 11 is 1.35. The van der Waals surface area contributed by atoms with E-state index in [0.29, 0.717) is 24.0 Å². The van der Waals surface area contributed by atoms with Gasteiger partial charge in [0.15, 0.2) is 5.13 Å². The molecule has 1 atom stereocenters. The van der Waals surface area contributed by atoms with Gasteiger partial charge in [-0.25, -0.2) is 14.2 Å². The summed E-state index contributed by atoms with van der Waals surface area (Å²) in [6.07, 6.45) is 0.183. The van der Waals surface area contributed by atoms with Crippen molar-refractivity contribution in [2.75, 3.05) is 23.4 Å². The van der Waals surface area contributed by atoms with Crippen LogP contribution in [0.1, 0.15) is 13.3 Å². The van der Waals surface area contributed by atoms with Gasteiger partial charge in [-0.1, -0.05) is 11.3 Å². The van der Waals surface area contributed by atoms with Crippen molar-refractivity contribution in [2.24, 2.45) is 0 Å². The van der Waals surface area contributed by atoms with Crippen LogP contribution in [0.25, 0.3) is 10.2 Å². The van der Waals surface area contributed by atoms with Gasteiger partial charge in [0.25, 0.3) is 0 Å². The van der Waals surface area contributed by atoms with Crippen molar-refractivity contribution in [3.05, 3.63) is 48.3 Å². The van der Waals surface area contributed by atoms with Crippen LogP contribution >= 0.6 is 11.3 Å². The van der Waals surface area contributed by atoms with Gasteiger partial charge < -0.3 is 15.0 Å². The van der Waals surface area contributed by atoms with E-state index in [-0.39, 0.29) is 24.2 Å². The topological polar surface area (TPSA) is 83.6 Å². The molecule has 1 saturated heterocycles. The fourth-order valence-corrected chi connectivity index (χ4v) is 4.10. The third-order valence-electron chi connectivity index (χ3n) is 4.49. The molecule has 150 valence electrons. The van der Waals surface area contributed by atoms with Gasteiger partial charge in [0.05, 0.1) is 22.9 Å².